The largest absolute Gasteiger partial charge is 0.288 e. The van der Waals surface area contributed by atoms with E-state index in [1.807, 2.05) is 5.41 Å². The van der Waals surface area contributed by atoms with Crippen LogP contribution in [0, 0.1) is 0 Å². The maximum absolute atomic E-state index is 8.59. The van der Waals surface area contributed by atoms with E-state index in [-0.39, 0.29) is 9.45 Å². The zero-order chi connectivity index (χ0) is 5.28. The van der Waals surface area contributed by atoms with Crippen molar-refractivity contribution in [3.8, 4) is 0 Å². The van der Waals surface area contributed by atoms with Crippen molar-refractivity contribution in [3.63, 3.8) is 0 Å². The van der Waals surface area contributed by atoms with Crippen LogP contribution in [-0.4, -0.2) is 16.1 Å². The topological polar surface area (TPSA) is 23.5 Å². The Morgan fingerprint density at radius 2 is 2.57 bits per heavy atom. The van der Waals surface area contributed by atoms with Crippen LogP contribution in [0.4, 0.5) is 0 Å². The van der Waals surface area contributed by atoms with Gasteiger partial charge in [-0.2, -0.15) is 0 Å². The van der Waals surface area contributed by atoms with Gasteiger partial charge in [-0.15, -0.1) is 0 Å². The molecular weight excluding hydrogens is 130 g/mol. The van der Waals surface area contributed by atoms with Gasteiger partial charge in [-0.25, -0.2) is 0 Å². The predicted octanol–water partition coefficient (Wildman–Crippen LogP) is 0.200. The molecule has 1 aliphatic rings. The molecule has 0 aromatic heterocycles. The van der Waals surface area contributed by atoms with Crippen molar-refractivity contribution >= 4 is 20.6 Å². The van der Waals surface area contributed by atoms with Crippen molar-refractivity contribution in [2.45, 2.75) is 0 Å². The summed E-state index contributed by atoms with van der Waals surface area (Å²) >= 11 is 4.82. The Morgan fingerprint density at radius 3 is 2.71 bits per heavy atom. The van der Waals surface area contributed by atoms with Crippen LogP contribution in [0.3, 0.4) is 0 Å². The van der Waals surface area contributed by atoms with E-state index in [2.05, 4.69) is 0 Å². The van der Waals surface area contributed by atoms with E-state index in [1.54, 1.807) is 6.20 Å². The highest BCUT2D eigenvalue weighted by atomic mass is 32.8. The SMILES string of the molecule is ON1C=CS(=S)C1. The molecule has 2 nitrogen and oxygen atoms in total. The highest BCUT2D eigenvalue weighted by Gasteiger charge is 2.01. The Kier molecular flexibility index (Phi) is 1.41. The number of hydroxylamine groups is 2. The molecule has 7 heavy (non-hydrogen) atoms. The Balaban J connectivity index is 2.58. The lowest BCUT2D eigenvalue weighted by molar-refractivity contribution is -0.0175. The fraction of sp³-hybridized carbons (Fsp3) is 0.333. The normalized spacial score (nSPS) is 29.3. The summed E-state index contributed by atoms with van der Waals surface area (Å²) in [4.78, 5) is 0. The summed E-state index contributed by atoms with van der Waals surface area (Å²) in [5, 5.41) is 11.5. The second kappa shape index (κ2) is 1.90. The molecule has 1 N–H and O–H groups in total. The summed E-state index contributed by atoms with van der Waals surface area (Å²) in [6.45, 7) is 0. The minimum Gasteiger partial charge on any atom is -0.288 e. The van der Waals surface area contributed by atoms with E-state index >= 15 is 0 Å². The Hall–Kier alpha value is 0.0700. The van der Waals surface area contributed by atoms with E-state index in [0.29, 0.717) is 5.88 Å². The van der Waals surface area contributed by atoms with Crippen molar-refractivity contribution < 1.29 is 5.21 Å². The first kappa shape index (κ1) is 5.21. The smallest absolute Gasteiger partial charge is 0.0984 e. The summed E-state index contributed by atoms with van der Waals surface area (Å²) in [6, 6.07) is 0. The third-order valence-electron chi connectivity index (χ3n) is 0.644. The van der Waals surface area contributed by atoms with Gasteiger partial charge >= 0.3 is 0 Å². The molecule has 0 bridgehead atoms. The average Bonchev–Trinajstić information content (AvgIpc) is 1.87. The average molecular weight is 135 g/mol. The van der Waals surface area contributed by atoms with Gasteiger partial charge in [0.2, 0.25) is 0 Å². The molecule has 0 saturated heterocycles. The fourth-order valence-electron chi connectivity index (χ4n) is 0.355. The van der Waals surface area contributed by atoms with Gasteiger partial charge in [-0.05, 0) is 16.6 Å². The van der Waals surface area contributed by atoms with Crippen LogP contribution in [-0.2, 0) is 20.6 Å². The Morgan fingerprint density at radius 1 is 1.86 bits per heavy atom. The van der Waals surface area contributed by atoms with Crippen LogP contribution in [0.5, 0.6) is 0 Å². The first-order chi connectivity index (χ1) is 3.29. The lowest BCUT2D eigenvalue weighted by atomic mass is 11.0. The molecule has 1 heterocycles. The Bertz CT molecular complexity index is 122. The van der Waals surface area contributed by atoms with E-state index in [9.17, 15) is 0 Å². The third-order valence-corrected chi connectivity index (χ3v) is 2.24. The fourth-order valence-corrected chi connectivity index (χ4v) is 1.54. The molecule has 1 unspecified atom stereocenters. The molecule has 0 aromatic rings. The van der Waals surface area contributed by atoms with E-state index < -0.39 is 0 Å². The van der Waals surface area contributed by atoms with Crippen molar-refractivity contribution in [1.29, 1.82) is 0 Å². The molecule has 0 fully saturated rings. The summed E-state index contributed by atoms with van der Waals surface area (Å²) in [5.41, 5.74) is 0. The molecule has 40 valence electrons. The quantitative estimate of drug-likeness (QED) is 0.513. The summed E-state index contributed by atoms with van der Waals surface area (Å²) in [7, 11) is -0.124. The maximum atomic E-state index is 8.59. The van der Waals surface area contributed by atoms with Gasteiger partial charge in [0, 0.05) is 6.20 Å². The van der Waals surface area contributed by atoms with Gasteiger partial charge in [-0.3, -0.25) is 10.3 Å². The molecule has 0 saturated carbocycles. The van der Waals surface area contributed by atoms with E-state index in [1.165, 1.54) is 0 Å². The second-order valence-electron chi connectivity index (χ2n) is 1.23. The van der Waals surface area contributed by atoms with Gasteiger partial charge in [0.1, 0.15) is 0 Å². The van der Waals surface area contributed by atoms with Crippen molar-refractivity contribution in [2.75, 3.05) is 5.88 Å². The van der Waals surface area contributed by atoms with Crippen molar-refractivity contribution in [2.24, 2.45) is 0 Å². The number of hydrogen-bond acceptors (Lipinski definition) is 3. The zero-order valence-corrected chi connectivity index (χ0v) is 5.21. The molecular formula is C3H5NOS2. The molecule has 0 aliphatic carbocycles. The van der Waals surface area contributed by atoms with Crippen LogP contribution >= 0.6 is 0 Å². The first-order valence-electron chi connectivity index (χ1n) is 1.80. The molecule has 1 aliphatic heterocycles. The van der Waals surface area contributed by atoms with Gasteiger partial charge in [0.25, 0.3) is 0 Å². The maximum Gasteiger partial charge on any atom is 0.0984 e. The second-order valence-corrected chi connectivity index (χ2v) is 3.81. The molecule has 1 rings (SSSR count). The molecule has 4 heteroatoms. The third kappa shape index (κ3) is 1.22. The number of hydrogen-bond donors (Lipinski definition) is 1. The highest BCUT2D eigenvalue weighted by Crippen LogP contribution is 1.99. The summed E-state index contributed by atoms with van der Waals surface area (Å²) < 4.78 is 0. The Labute approximate surface area is 49.0 Å². The lowest BCUT2D eigenvalue weighted by Gasteiger charge is -2.00. The summed E-state index contributed by atoms with van der Waals surface area (Å²) in [6.07, 6.45) is 1.59. The van der Waals surface area contributed by atoms with E-state index in [0.717, 1.165) is 5.06 Å². The van der Waals surface area contributed by atoms with Gasteiger partial charge in [0.15, 0.2) is 0 Å². The standard InChI is InChI=1S/C3H5NOS2/c5-4-1-2-7(6)3-4/h1-2,5H,3H2. The van der Waals surface area contributed by atoms with Crippen LogP contribution < -0.4 is 0 Å². The van der Waals surface area contributed by atoms with Crippen LogP contribution in [0.1, 0.15) is 0 Å². The molecule has 0 amide bonds. The zero-order valence-electron chi connectivity index (χ0n) is 3.57. The first-order valence-corrected chi connectivity index (χ1v) is 4.18. The molecule has 0 radical (unpaired) electrons. The minimum absolute atomic E-state index is 0.124. The minimum atomic E-state index is -0.124. The molecule has 1 atom stereocenters. The van der Waals surface area contributed by atoms with Crippen LogP contribution in [0.15, 0.2) is 11.6 Å². The van der Waals surface area contributed by atoms with E-state index in [4.69, 9.17) is 16.4 Å². The van der Waals surface area contributed by atoms with Gasteiger partial charge in [0.05, 0.1) is 5.88 Å². The van der Waals surface area contributed by atoms with Crippen molar-refractivity contribution in [1.82, 2.24) is 5.06 Å². The van der Waals surface area contributed by atoms with Crippen LogP contribution in [0.25, 0.3) is 0 Å². The molecule has 0 aromatic carbocycles. The monoisotopic (exact) mass is 135 g/mol. The predicted molar refractivity (Wildman–Crippen MR) is 32.4 cm³/mol. The number of nitrogens with zero attached hydrogens (tertiary/aromatic N) is 1. The van der Waals surface area contributed by atoms with Crippen LogP contribution in [0.2, 0.25) is 0 Å². The van der Waals surface area contributed by atoms with Gasteiger partial charge in [-0.1, -0.05) is 9.45 Å². The lowest BCUT2D eigenvalue weighted by Crippen LogP contribution is -2.08. The number of rotatable bonds is 0. The highest BCUT2D eigenvalue weighted by molar-refractivity contribution is 8.30. The van der Waals surface area contributed by atoms with Crippen molar-refractivity contribution in [3.05, 3.63) is 11.6 Å². The summed E-state index contributed by atoms with van der Waals surface area (Å²) in [5.74, 6) is 0.593. The van der Waals surface area contributed by atoms with Gasteiger partial charge < -0.3 is 0 Å². The molecule has 0 spiro atoms.